The Hall–Kier alpha value is -1.61. The number of para-hydroxylation sites is 1. The fraction of sp³-hybridized carbons (Fsp3) is 0.471. The second-order valence-corrected chi connectivity index (χ2v) is 5.18. The first kappa shape index (κ1) is 14.8. The number of hydrogen-bond donors (Lipinski definition) is 1. The third-order valence-corrected chi connectivity index (χ3v) is 3.38. The van der Waals surface area contributed by atoms with E-state index in [0.29, 0.717) is 6.04 Å². The molecule has 0 spiro atoms. The maximum atomic E-state index is 5.88. The van der Waals surface area contributed by atoms with Crippen LogP contribution in [0.5, 0.6) is 5.75 Å². The molecule has 0 saturated heterocycles. The first-order valence-corrected chi connectivity index (χ1v) is 7.51. The highest BCUT2D eigenvalue weighted by Gasteiger charge is 2.04. The van der Waals surface area contributed by atoms with Crippen LogP contribution in [0.3, 0.4) is 0 Å². The summed E-state index contributed by atoms with van der Waals surface area (Å²) in [6, 6.07) is 10.6. The first-order valence-electron chi connectivity index (χ1n) is 7.51. The highest BCUT2D eigenvalue weighted by Crippen LogP contribution is 2.23. The number of fused-ring (bicyclic) bond motifs is 1. The summed E-state index contributed by atoms with van der Waals surface area (Å²) in [7, 11) is 0. The van der Waals surface area contributed by atoms with Crippen molar-refractivity contribution in [1.29, 1.82) is 0 Å². The summed E-state index contributed by atoms with van der Waals surface area (Å²) in [5, 5.41) is 4.62. The fourth-order valence-corrected chi connectivity index (χ4v) is 2.26. The number of rotatable bonds is 8. The van der Waals surface area contributed by atoms with E-state index in [-0.39, 0.29) is 0 Å². The summed E-state index contributed by atoms with van der Waals surface area (Å²) >= 11 is 0. The average molecular weight is 272 g/mol. The molecule has 0 aliphatic rings. The molecular weight excluding hydrogens is 248 g/mol. The zero-order chi connectivity index (χ0) is 14.2. The zero-order valence-electron chi connectivity index (χ0n) is 12.4. The molecule has 0 amide bonds. The molecule has 0 bridgehead atoms. The van der Waals surface area contributed by atoms with Crippen molar-refractivity contribution in [1.82, 2.24) is 10.3 Å². The quantitative estimate of drug-likeness (QED) is 0.743. The van der Waals surface area contributed by atoms with Crippen LogP contribution in [-0.4, -0.2) is 24.2 Å². The predicted molar refractivity (Wildman–Crippen MR) is 84.2 cm³/mol. The number of benzene rings is 1. The molecule has 0 radical (unpaired) electrons. The van der Waals surface area contributed by atoms with Crippen LogP contribution in [-0.2, 0) is 0 Å². The Morgan fingerprint density at radius 3 is 2.95 bits per heavy atom. The standard InChI is InChI=1S/C17H24N2O/c1-3-11-18-14(2)7-6-13-20-16-10-4-8-15-9-5-12-19-17(15)16/h4-5,8-10,12,14,18H,3,6-7,11,13H2,1-2H3. The Balaban J connectivity index is 1.81. The molecule has 2 aromatic rings. The molecule has 1 aromatic carbocycles. The van der Waals surface area contributed by atoms with Crippen LogP contribution in [0.25, 0.3) is 10.9 Å². The van der Waals surface area contributed by atoms with Crippen molar-refractivity contribution in [2.24, 2.45) is 0 Å². The summed E-state index contributed by atoms with van der Waals surface area (Å²) in [6.45, 7) is 6.26. The van der Waals surface area contributed by atoms with Crippen LogP contribution in [0.1, 0.15) is 33.1 Å². The van der Waals surface area contributed by atoms with E-state index in [1.807, 2.05) is 24.4 Å². The van der Waals surface area contributed by atoms with Crippen molar-refractivity contribution < 1.29 is 4.74 Å². The summed E-state index contributed by atoms with van der Waals surface area (Å²) in [4.78, 5) is 4.40. The zero-order valence-corrected chi connectivity index (χ0v) is 12.4. The summed E-state index contributed by atoms with van der Waals surface area (Å²) in [6.07, 6.45) is 5.19. The first-order chi connectivity index (χ1) is 9.81. The fourth-order valence-electron chi connectivity index (χ4n) is 2.26. The van der Waals surface area contributed by atoms with Crippen LogP contribution in [0, 0.1) is 0 Å². The van der Waals surface area contributed by atoms with Gasteiger partial charge in [0.05, 0.1) is 6.61 Å². The lowest BCUT2D eigenvalue weighted by atomic mass is 10.2. The van der Waals surface area contributed by atoms with Gasteiger partial charge in [0, 0.05) is 17.6 Å². The summed E-state index contributed by atoms with van der Waals surface area (Å²) < 4.78 is 5.88. The third-order valence-electron chi connectivity index (χ3n) is 3.38. The van der Waals surface area contributed by atoms with Gasteiger partial charge < -0.3 is 10.1 Å². The molecule has 0 fully saturated rings. The lowest BCUT2D eigenvalue weighted by Crippen LogP contribution is -2.26. The van der Waals surface area contributed by atoms with Crippen LogP contribution in [0.4, 0.5) is 0 Å². The molecule has 2 rings (SSSR count). The Labute approximate surface area is 121 Å². The molecule has 1 heterocycles. The second-order valence-electron chi connectivity index (χ2n) is 5.18. The Morgan fingerprint density at radius 1 is 1.25 bits per heavy atom. The van der Waals surface area contributed by atoms with Gasteiger partial charge in [-0.2, -0.15) is 0 Å². The Bertz CT molecular complexity index is 522. The molecule has 3 nitrogen and oxygen atoms in total. The van der Waals surface area contributed by atoms with Gasteiger partial charge in [-0.25, -0.2) is 0 Å². The number of ether oxygens (including phenoxy) is 1. The minimum atomic E-state index is 0.559. The van der Waals surface area contributed by atoms with Crippen molar-refractivity contribution in [2.45, 2.75) is 39.2 Å². The summed E-state index contributed by atoms with van der Waals surface area (Å²) in [5.74, 6) is 0.886. The molecule has 0 aliphatic carbocycles. The molecular formula is C17H24N2O. The molecule has 0 aliphatic heterocycles. The molecule has 1 atom stereocenters. The monoisotopic (exact) mass is 272 g/mol. The second kappa shape index (κ2) is 7.85. The lowest BCUT2D eigenvalue weighted by Gasteiger charge is -2.13. The highest BCUT2D eigenvalue weighted by atomic mass is 16.5. The molecule has 20 heavy (non-hydrogen) atoms. The topological polar surface area (TPSA) is 34.1 Å². The number of aromatic nitrogens is 1. The van der Waals surface area contributed by atoms with Gasteiger partial charge in [0.25, 0.3) is 0 Å². The van der Waals surface area contributed by atoms with Gasteiger partial charge in [-0.05, 0) is 44.9 Å². The third kappa shape index (κ3) is 4.20. The van der Waals surface area contributed by atoms with Crippen molar-refractivity contribution >= 4 is 10.9 Å². The van der Waals surface area contributed by atoms with E-state index in [2.05, 4.69) is 36.3 Å². The largest absolute Gasteiger partial charge is 0.491 e. The van der Waals surface area contributed by atoms with E-state index >= 15 is 0 Å². The molecule has 108 valence electrons. The SMILES string of the molecule is CCCNC(C)CCCOc1cccc2cccnc12. The smallest absolute Gasteiger partial charge is 0.145 e. The normalized spacial score (nSPS) is 12.5. The van der Waals surface area contributed by atoms with Crippen LogP contribution < -0.4 is 10.1 Å². The van der Waals surface area contributed by atoms with E-state index < -0.39 is 0 Å². The maximum absolute atomic E-state index is 5.88. The maximum Gasteiger partial charge on any atom is 0.145 e. The van der Waals surface area contributed by atoms with E-state index in [9.17, 15) is 0 Å². The number of nitrogens with zero attached hydrogens (tertiary/aromatic N) is 1. The van der Waals surface area contributed by atoms with E-state index in [1.165, 1.54) is 6.42 Å². The van der Waals surface area contributed by atoms with Crippen molar-refractivity contribution in [2.75, 3.05) is 13.2 Å². The number of pyridine rings is 1. The average Bonchev–Trinajstić information content (AvgIpc) is 2.49. The van der Waals surface area contributed by atoms with Gasteiger partial charge in [0.1, 0.15) is 11.3 Å². The van der Waals surface area contributed by atoms with Gasteiger partial charge in [0.15, 0.2) is 0 Å². The molecule has 1 unspecified atom stereocenters. The number of hydrogen-bond acceptors (Lipinski definition) is 3. The molecule has 0 saturated carbocycles. The van der Waals surface area contributed by atoms with Gasteiger partial charge in [-0.1, -0.05) is 25.1 Å². The molecule has 3 heteroatoms. The van der Waals surface area contributed by atoms with Crippen molar-refractivity contribution in [3.8, 4) is 5.75 Å². The Morgan fingerprint density at radius 2 is 2.10 bits per heavy atom. The van der Waals surface area contributed by atoms with E-state index in [1.54, 1.807) is 0 Å². The highest BCUT2D eigenvalue weighted by molar-refractivity contribution is 5.84. The number of nitrogens with one attached hydrogen (secondary N) is 1. The minimum Gasteiger partial charge on any atom is -0.491 e. The minimum absolute atomic E-state index is 0.559. The van der Waals surface area contributed by atoms with Crippen molar-refractivity contribution in [3.63, 3.8) is 0 Å². The van der Waals surface area contributed by atoms with E-state index in [0.717, 1.165) is 42.6 Å². The van der Waals surface area contributed by atoms with Crippen LogP contribution in [0.15, 0.2) is 36.5 Å². The predicted octanol–water partition coefficient (Wildman–Crippen LogP) is 3.78. The van der Waals surface area contributed by atoms with Gasteiger partial charge in [-0.15, -0.1) is 0 Å². The van der Waals surface area contributed by atoms with Gasteiger partial charge >= 0.3 is 0 Å². The Kier molecular flexibility index (Phi) is 5.81. The molecule has 1 aromatic heterocycles. The van der Waals surface area contributed by atoms with Crippen LogP contribution in [0.2, 0.25) is 0 Å². The van der Waals surface area contributed by atoms with E-state index in [4.69, 9.17) is 4.74 Å². The summed E-state index contributed by atoms with van der Waals surface area (Å²) in [5.41, 5.74) is 0.951. The lowest BCUT2D eigenvalue weighted by molar-refractivity contribution is 0.300. The van der Waals surface area contributed by atoms with Crippen LogP contribution >= 0.6 is 0 Å². The van der Waals surface area contributed by atoms with Gasteiger partial charge in [0.2, 0.25) is 0 Å². The van der Waals surface area contributed by atoms with Crippen molar-refractivity contribution in [3.05, 3.63) is 36.5 Å². The molecule has 1 N–H and O–H groups in total. The van der Waals surface area contributed by atoms with Gasteiger partial charge in [-0.3, -0.25) is 4.98 Å².